The molecule has 0 bridgehead atoms. The van der Waals surface area contributed by atoms with Gasteiger partial charge in [0.25, 0.3) is 0 Å². The molecule has 0 saturated carbocycles. The average Bonchev–Trinajstić information content (AvgIpc) is 2.59. The summed E-state index contributed by atoms with van der Waals surface area (Å²) in [5.74, 6) is -0.326. The minimum Gasteiger partial charge on any atom is -0.388 e. The first-order valence-corrected chi connectivity index (χ1v) is 5.43. The molecule has 1 saturated heterocycles. The quantitative estimate of drug-likeness (QED) is 0.864. The summed E-state index contributed by atoms with van der Waals surface area (Å²) in [6.07, 6.45) is -0.531. The standard InChI is InChI=1S/C10H11BrFNO2/c11-7-2-1-6(3-8(7)12)13-9-4-15-5-10(9)14/h1-3,9-10,13-14H,4-5H2. The number of rotatable bonds is 2. The first kappa shape index (κ1) is 10.9. The van der Waals surface area contributed by atoms with Crippen LogP contribution in [0.1, 0.15) is 0 Å². The van der Waals surface area contributed by atoms with E-state index in [1.807, 2.05) is 0 Å². The zero-order valence-electron chi connectivity index (χ0n) is 7.91. The van der Waals surface area contributed by atoms with Crippen molar-refractivity contribution in [1.29, 1.82) is 0 Å². The number of anilines is 1. The number of benzene rings is 1. The van der Waals surface area contributed by atoms with E-state index in [1.54, 1.807) is 12.1 Å². The molecular formula is C10H11BrFNO2. The van der Waals surface area contributed by atoms with Gasteiger partial charge in [-0.2, -0.15) is 0 Å². The molecular weight excluding hydrogens is 265 g/mol. The van der Waals surface area contributed by atoms with Gasteiger partial charge < -0.3 is 15.2 Å². The maximum Gasteiger partial charge on any atom is 0.139 e. The fraction of sp³-hybridized carbons (Fsp3) is 0.400. The smallest absolute Gasteiger partial charge is 0.139 e. The molecule has 1 aliphatic heterocycles. The lowest BCUT2D eigenvalue weighted by molar-refractivity contribution is 0.125. The molecule has 1 fully saturated rings. The van der Waals surface area contributed by atoms with Gasteiger partial charge in [0.2, 0.25) is 0 Å². The summed E-state index contributed by atoms with van der Waals surface area (Å²) in [6.45, 7) is 0.773. The molecule has 2 N–H and O–H groups in total. The van der Waals surface area contributed by atoms with Crippen LogP contribution in [-0.2, 0) is 4.74 Å². The van der Waals surface area contributed by atoms with Crippen molar-refractivity contribution in [2.24, 2.45) is 0 Å². The molecule has 0 radical (unpaired) electrons. The first-order valence-electron chi connectivity index (χ1n) is 4.64. The third-order valence-electron chi connectivity index (χ3n) is 2.32. The fourth-order valence-electron chi connectivity index (χ4n) is 1.48. The van der Waals surface area contributed by atoms with Crippen molar-refractivity contribution in [3.63, 3.8) is 0 Å². The highest BCUT2D eigenvalue weighted by atomic mass is 79.9. The van der Waals surface area contributed by atoms with E-state index >= 15 is 0 Å². The molecule has 0 spiro atoms. The Balaban J connectivity index is 2.07. The van der Waals surface area contributed by atoms with Gasteiger partial charge >= 0.3 is 0 Å². The van der Waals surface area contributed by atoms with E-state index in [-0.39, 0.29) is 11.9 Å². The summed E-state index contributed by atoms with van der Waals surface area (Å²) >= 11 is 3.08. The number of hydrogen-bond acceptors (Lipinski definition) is 3. The summed E-state index contributed by atoms with van der Waals surface area (Å²) in [5.41, 5.74) is 0.644. The normalized spacial score (nSPS) is 25.5. The summed E-state index contributed by atoms with van der Waals surface area (Å²) in [7, 11) is 0. The van der Waals surface area contributed by atoms with Crippen LogP contribution in [0.25, 0.3) is 0 Å². The number of aliphatic hydroxyl groups is 1. The summed E-state index contributed by atoms with van der Waals surface area (Å²) < 4.78 is 18.7. The van der Waals surface area contributed by atoms with Gasteiger partial charge in [-0.3, -0.25) is 0 Å². The van der Waals surface area contributed by atoms with Gasteiger partial charge in [0, 0.05) is 5.69 Å². The van der Waals surface area contributed by atoms with Gasteiger partial charge in [-0.25, -0.2) is 4.39 Å². The second-order valence-electron chi connectivity index (χ2n) is 3.48. The minimum absolute atomic E-state index is 0.162. The van der Waals surface area contributed by atoms with Gasteiger partial charge in [-0.05, 0) is 34.1 Å². The molecule has 1 aromatic carbocycles. The number of halogens is 2. The maximum absolute atomic E-state index is 13.2. The van der Waals surface area contributed by atoms with E-state index in [2.05, 4.69) is 21.2 Å². The van der Waals surface area contributed by atoms with E-state index in [1.165, 1.54) is 6.07 Å². The van der Waals surface area contributed by atoms with E-state index in [0.717, 1.165) is 0 Å². The second-order valence-corrected chi connectivity index (χ2v) is 4.34. The average molecular weight is 276 g/mol. The van der Waals surface area contributed by atoms with Gasteiger partial charge in [0.1, 0.15) is 5.82 Å². The molecule has 2 rings (SSSR count). The van der Waals surface area contributed by atoms with Crippen molar-refractivity contribution < 1.29 is 14.2 Å². The SMILES string of the molecule is OC1COCC1Nc1ccc(Br)c(F)c1. The molecule has 3 nitrogen and oxygen atoms in total. The molecule has 0 amide bonds. The molecule has 15 heavy (non-hydrogen) atoms. The van der Waals surface area contributed by atoms with E-state index in [9.17, 15) is 9.50 Å². The van der Waals surface area contributed by atoms with Crippen molar-refractivity contribution in [3.05, 3.63) is 28.5 Å². The van der Waals surface area contributed by atoms with Crippen LogP contribution in [0.2, 0.25) is 0 Å². The Morgan fingerprint density at radius 2 is 2.27 bits per heavy atom. The van der Waals surface area contributed by atoms with Gasteiger partial charge in [0.15, 0.2) is 0 Å². The van der Waals surface area contributed by atoms with Gasteiger partial charge in [0.05, 0.1) is 29.8 Å². The highest BCUT2D eigenvalue weighted by Gasteiger charge is 2.25. The molecule has 0 aromatic heterocycles. The Hall–Kier alpha value is -0.650. The van der Waals surface area contributed by atoms with Crippen LogP contribution in [0.5, 0.6) is 0 Å². The molecule has 2 unspecified atom stereocenters. The van der Waals surface area contributed by atoms with Crippen molar-refractivity contribution >= 4 is 21.6 Å². The van der Waals surface area contributed by atoms with Gasteiger partial charge in [-0.1, -0.05) is 0 Å². The molecule has 1 aromatic rings. The van der Waals surface area contributed by atoms with Crippen LogP contribution in [-0.4, -0.2) is 30.5 Å². The topological polar surface area (TPSA) is 41.5 Å². The maximum atomic E-state index is 13.2. The summed E-state index contributed by atoms with van der Waals surface area (Å²) in [5, 5.41) is 12.5. The third kappa shape index (κ3) is 2.48. The largest absolute Gasteiger partial charge is 0.388 e. The minimum atomic E-state index is -0.531. The molecule has 2 atom stereocenters. The molecule has 82 valence electrons. The highest BCUT2D eigenvalue weighted by Crippen LogP contribution is 2.21. The predicted octanol–water partition coefficient (Wildman–Crippen LogP) is 1.76. The second kappa shape index (κ2) is 4.47. The molecule has 1 heterocycles. The van der Waals surface area contributed by atoms with E-state index < -0.39 is 6.10 Å². The first-order chi connectivity index (χ1) is 7.16. The monoisotopic (exact) mass is 275 g/mol. The number of nitrogens with one attached hydrogen (secondary N) is 1. The predicted molar refractivity (Wildman–Crippen MR) is 58.3 cm³/mol. The number of hydrogen-bond donors (Lipinski definition) is 2. The molecule has 0 aliphatic carbocycles. The zero-order chi connectivity index (χ0) is 10.8. The van der Waals surface area contributed by atoms with Gasteiger partial charge in [-0.15, -0.1) is 0 Å². The van der Waals surface area contributed by atoms with E-state index in [4.69, 9.17) is 4.74 Å². The number of ether oxygens (including phenoxy) is 1. The Labute approximate surface area is 95.4 Å². The van der Waals surface area contributed by atoms with Crippen molar-refractivity contribution in [3.8, 4) is 0 Å². The van der Waals surface area contributed by atoms with Crippen LogP contribution in [0.4, 0.5) is 10.1 Å². The Morgan fingerprint density at radius 1 is 1.47 bits per heavy atom. The van der Waals surface area contributed by atoms with Crippen LogP contribution >= 0.6 is 15.9 Å². The third-order valence-corrected chi connectivity index (χ3v) is 2.97. The fourth-order valence-corrected chi connectivity index (χ4v) is 1.73. The van der Waals surface area contributed by atoms with Crippen molar-refractivity contribution in [2.45, 2.75) is 12.1 Å². The van der Waals surface area contributed by atoms with Crippen LogP contribution < -0.4 is 5.32 Å². The Morgan fingerprint density at radius 3 is 2.87 bits per heavy atom. The summed E-state index contributed by atoms with van der Waals surface area (Å²) in [6, 6.07) is 4.60. The highest BCUT2D eigenvalue weighted by molar-refractivity contribution is 9.10. The lowest BCUT2D eigenvalue weighted by atomic mass is 10.2. The Bertz CT molecular complexity index is 361. The van der Waals surface area contributed by atoms with Crippen molar-refractivity contribution in [1.82, 2.24) is 0 Å². The van der Waals surface area contributed by atoms with Crippen LogP contribution in [0, 0.1) is 5.82 Å². The Kier molecular flexibility index (Phi) is 3.23. The summed E-state index contributed by atoms with van der Waals surface area (Å²) in [4.78, 5) is 0. The lowest BCUT2D eigenvalue weighted by Crippen LogP contribution is -2.31. The van der Waals surface area contributed by atoms with Crippen LogP contribution in [0.3, 0.4) is 0 Å². The molecule has 1 aliphatic rings. The lowest BCUT2D eigenvalue weighted by Gasteiger charge is -2.15. The van der Waals surface area contributed by atoms with Crippen LogP contribution in [0.15, 0.2) is 22.7 Å². The van der Waals surface area contributed by atoms with E-state index in [0.29, 0.717) is 23.4 Å². The molecule has 5 heteroatoms. The van der Waals surface area contributed by atoms with Crippen molar-refractivity contribution in [2.75, 3.05) is 18.5 Å². The number of aliphatic hydroxyl groups excluding tert-OH is 1. The zero-order valence-corrected chi connectivity index (χ0v) is 9.50.